The van der Waals surface area contributed by atoms with Crippen molar-refractivity contribution in [3.8, 4) is 0 Å². The van der Waals surface area contributed by atoms with Crippen LogP contribution < -0.4 is 10.5 Å². The second-order valence-electron chi connectivity index (χ2n) is 7.99. The average Bonchev–Trinajstić information content (AvgIpc) is 3.16. The van der Waals surface area contributed by atoms with E-state index in [1.54, 1.807) is 17.9 Å². The topological polar surface area (TPSA) is 94.9 Å². The molecule has 1 aliphatic carbocycles. The normalized spacial score (nSPS) is 22.6. The number of piperidine rings is 1. The van der Waals surface area contributed by atoms with Crippen molar-refractivity contribution in [2.24, 2.45) is 18.9 Å². The molecule has 1 aliphatic heterocycles. The van der Waals surface area contributed by atoms with Gasteiger partial charge in [0.05, 0.1) is 6.33 Å². The van der Waals surface area contributed by atoms with Crippen LogP contribution in [0, 0.1) is 17.7 Å². The number of nitrogens with zero attached hydrogens (tertiary/aromatic N) is 7. The minimum Gasteiger partial charge on any atom is -0.371 e. The quantitative estimate of drug-likeness (QED) is 0.507. The van der Waals surface area contributed by atoms with E-state index >= 15 is 0 Å². The molecule has 10 heteroatoms. The summed E-state index contributed by atoms with van der Waals surface area (Å²) in [7, 11) is 1.76. The zero-order valence-electron chi connectivity index (χ0n) is 16.1. The predicted molar refractivity (Wildman–Crippen MR) is 105 cm³/mol. The van der Waals surface area contributed by atoms with Gasteiger partial charge in [-0.1, -0.05) is 5.16 Å². The molecule has 0 amide bonds. The Kier molecular flexibility index (Phi) is 3.59. The Balaban J connectivity index is 1.16. The van der Waals surface area contributed by atoms with Crippen LogP contribution in [0.3, 0.4) is 0 Å². The zero-order valence-corrected chi connectivity index (χ0v) is 16.1. The highest BCUT2D eigenvalue weighted by molar-refractivity contribution is 5.68. The van der Waals surface area contributed by atoms with E-state index in [9.17, 15) is 9.18 Å². The SMILES string of the molecule is Cn1cnc2ncn(Cc3nc([C@H]4[C@@H]5CN(c6ccc(F)cc6)C[C@@H]54)no3)c(=O)c21. The number of imidazole rings is 1. The highest BCUT2D eigenvalue weighted by atomic mass is 19.1. The highest BCUT2D eigenvalue weighted by Crippen LogP contribution is 2.57. The summed E-state index contributed by atoms with van der Waals surface area (Å²) >= 11 is 0. The molecule has 1 aromatic carbocycles. The number of hydrogen-bond acceptors (Lipinski definition) is 7. The van der Waals surface area contributed by atoms with E-state index in [-0.39, 0.29) is 23.8 Å². The molecule has 2 fully saturated rings. The van der Waals surface area contributed by atoms with Crippen LogP contribution in [0.4, 0.5) is 10.1 Å². The monoisotopic (exact) mass is 407 g/mol. The minimum absolute atomic E-state index is 0.170. The van der Waals surface area contributed by atoms with Crippen LogP contribution in [-0.4, -0.2) is 42.3 Å². The van der Waals surface area contributed by atoms with Crippen LogP contribution >= 0.6 is 0 Å². The smallest absolute Gasteiger partial charge is 0.280 e. The van der Waals surface area contributed by atoms with Crippen molar-refractivity contribution in [2.75, 3.05) is 18.0 Å². The Morgan fingerprint density at radius 1 is 1.13 bits per heavy atom. The Morgan fingerprint density at radius 3 is 2.63 bits per heavy atom. The van der Waals surface area contributed by atoms with Gasteiger partial charge in [-0.25, -0.2) is 14.4 Å². The Morgan fingerprint density at radius 2 is 1.87 bits per heavy atom. The van der Waals surface area contributed by atoms with Crippen molar-refractivity contribution < 1.29 is 8.91 Å². The predicted octanol–water partition coefficient (Wildman–Crippen LogP) is 1.55. The molecule has 6 rings (SSSR count). The van der Waals surface area contributed by atoms with Gasteiger partial charge >= 0.3 is 0 Å². The van der Waals surface area contributed by atoms with E-state index in [4.69, 9.17) is 4.52 Å². The molecule has 3 aromatic heterocycles. The molecule has 152 valence electrons. The molecule has 0 bridgehead atoms. The molecule has 30 heavy (non-hydrogen) atoms. The third-order valence-electron chi connectivity index (χ3n) is 6.17. The summed E-state index contributed by atoms with van der Waals surface area (Å²) in [4.78, 5) is 27.8. The molecular formula is C20H18FN7O2. The summed E-state index contributed by atoms with van der Waals surface area (Å²) in [5.41, 5.74) is 1.70. The van der Waals surface area contributed by atoms with Gasteiger partial charge in [-0.05, 0) is 36.1 Å². The van der Waals surface area contributed by atoms with Gasteiger partial charge in [0.25, 0.3) is 5.56 Å². The lowest BCUT2D eigenvalue weighted by Crippen LogP contribution is -2.23. The minimum atomic E-state index is -0.225. The van der Waals surface area contributed by atoms with Gasteiger partial charge in [0, 0.05) is 31.7 Å². The number of fused-ring (bicyclic) bond motifs is 2. The van der Waals surface area contributed by atoms with Gasteiger partial charge in [-0.2, -0.15) is 4.98 Å². The largest absolute Gasteiger partial charge is 0.371 e. The second kappa shape index (κ2) is 6.22. The number of halogens is 1. The van der Waals surface area contributed by atoms with Crippen LogP contribution in [0.25, 0.3) is 11.2 Å². The molecule has 0 N–H and O–H groups in total. The first-order valence-corrected chi connectivity index (χ1v) is 9.78. The first-order valence-electron chi connectivity index (χ1n) is 9.78. The lowest BCUT2D eigenvalue weighted by molar-refractivity contribution is 0.363. The first-order chi connectivity index (χ1) is 14.6. The average molecular weight is 407 g/mol. The summed E-state index contributed by atoms with van der Waals surface area (Å²) in [6, 6.07) is 6.60. The Labute approximate surface area is 169 Å². The number of rotatable bonds is 4. The van der Waals surface area contributed by atoms with Crippen molar-refractivity contribution in [1.29, 1.82) is 0 Å². The van der Waals surface area contributed by atoms with Crippen molar-refractivity contribution in [1.82, 2.24) is 29.2 Å². The molecule has 0 radical (unpaired) electrons. The number of aryl methyl sites for hydroxylation is 1. The summed E-state index contributed by atoms with van der Waals surface area (Å²) in [6.07, 6.45) is 3.02. The van der Waals surface area contributed by atoms with Gasteiger partial charge in [0.2, 0.25) is 5.89 Å². The van der Waals surface area contributed by atoms with Crippen molar-refractivity contribution in [2.45, 2.75) is 12.5 Å². The summed E-state index contributed by atoms with van der Waals surface area (Å²) in [5.74, 6) is 2.06. The molecule has 1 saturated heterocycles. The molecule has 2 aliphatic rings. The molecule has 3 atom stereocenters. The van der Waals surface area contributed by atoms with Crippen molar-refractivity contribution in [3.63, 3.8) is 0 Å². The van der Waals surface area contributed by atoms with E-state index in [1.165, 1.54) is 23.0 Å². The fourth-order valence-corrected chi connectivity index (χ4v) is 4.57. The maximum atomic E-state index is 13.1. The second-order valence-corrected chi connectivity index (χ2v) is 7.99. The summed E-state index contributed by atoms with van der Waals surface area (Å²) < 4.78 is 21.6. The van der Waals surface area contributed by atoms with E-state index in [0.29, 0.717) is 34.7 Å². The van der Waals surface area contributed by atoms with E-state index in [0.717, 1.165) is 18.8 Å². The Bertz CT molecular complexity index is 1300. The van der Waals surface area contributed by atoms with E-state index in [1.807, 2.05) is 12.1 Å². The molecule has 0 spiro atoms. The fourth-order valence-electron chi connectivity index (χ4n) is 4.57. The van der Waals surface area contributed by atoms with Gasteiger partial charge in [-0.3, -0.25) is 9.36 Å². The molecular weight excluding hydrogens is 389 g/mol. The van der Waals surface area contributed by atoms with Gasteiger partial charge in [-0.15, -0.1) is 0 Å². The van der Waals surface area contributed by atoms with Crippen LogP contribution in [0.15, 0.2) is 46.2 Å². The zero-order chi connectivity index (χ0) is 20.4. The number of hydrogen-bond donors (Lipinski definition) is 0. The number of benzene rings is 1. The molecule has 4 aromatic rings. The highest BCUT2D eigenvalue weighted by Gasteiger charge is 2.58. The van der Waals surface area contributed by atoms with Gasteiger partial charge in [0.1, 0.15) is 18.7 Å². The fraction of sp³-hybridized carbons (Fsp3) is 0.350. The number of aromatic nitrogens is 6. The van der Waals surface area contributed by atoms with Crippen LogP contribution in [0.1, 0.15) is 17.6 Å². The standard InChI is InChI=1S/C20H18FN7O2/c1-26-9-22-19-17(26)20(29)28(10-23-19)8-15-24-18(25-30-15)16-13-6-27(7-14(13)16)12-4-2-11(21)3-5-12/h2-5,9-10,13-14,16H,6-8H2,1H3/t13-,14+,16+. The van der Waals surface area contributed by atoms with Gasteiger partial charge < -0.3 is 14.0 Å². The van der Waals surface area contributed by atoms with Crippen LogP contribution in [-0.2, 0) is 13.6 Å². The van der Waals surface area contributed by atoms with E-state index < -0.39 is 0 Å². The third kappa shape index (κ3) is 2.63. The van der Waals surface area contributed by atoms with Gasteiger partial charge in [0.15, 0.2) is 17.0 Å². The molecule has 0 unspecified atom stereocenters. The summed E-state index contributed by atoms with van der Waals surface area (Å²) in [5, 5.41) is 4.16. The van der Waals surface area contributed by atoms with Crippen molar-refractivity contribution >= 4 is 16.9 Å². The lowest BCUT2D eigenvalue weighted by Gasteiger charge is -2.21. The molecule has 9 nitrogen and oxygen atoms in total. The van der Waals surface area contributed by atoms with E-state index in [2.05, 4.69) is 25.0 Å². The first kappa shape index (κ1) is 17.3. The molecule has 4 heterocycles. The molecule has 1 saturated carbocycles. The third-order valence-corrected chi connectivity index (χ3v) is 6.17. The van der Waals surface area contributed by atoms with Crippen LogP contribution in [0.5, 0.6) is 0 Å². The maximum Gasteiger partial charge on any atom is 0.280 e. The lowest BCUT2D eigenvalue weighted by atomic mass is 10.2. The number of anilines is 1. The Hall–Kier alpha value is -3.56. The maximum absolute atomic E-state index is 13.1. The van der Waals surface area contributed by atoms with Crippen molar-refractivity contribution in [3.05, 3.63) is 64.8 Å². The summed E-state index contributed by atoms with van der Waals surface area (Å²) in [6.45, 7) is 1.96. The van der Waals surface area contributed by atoms with Crippen LogP contribution in [0.2, 0.25) is 0 Å².